The van der Waals surface area contributed by atoms with Crippen molar-refractivity contribution >= 4 is 0 Å². The van der Waals surface area contributed by atoms with Gasteiger partial charge in [-0.2, -0.15) is 0 Å². The van der Waals surface area contributed by atoms with Gasteiger partial charge in [0.05, 0.1) is 12.9 Å². The number of hydrogen-bond donors (Lipinski definition) is 0. The van der Waals surface area contributed by atoms with E-state index in [0.717, 1.165) is 64.8 Å². The predicted molar refractivity (Wildman–Crippen MR) is 123 cm³/mol. The van der Waals surface area contributed by atoms with Gasteiger partial charge in [-0.25, -0.2) is 0 Å². The summed E-state index contributed by atoms with van der Waals surface area (Å²) in [4.78, 5) is 0. The fraction of sp³-hybridized carbons (Fsp3) is 0.920. The minimum atomic E-state index is -0.0324. The van der Waals surface area contributed by atoms with E-state index in [1.54, 1.807) is 6.26 Å². The Hall–Kier alpha value is -0.580. The molecule has 0 aromatic heterocycles. The van der Waals surface area contributed by atoms with E-state index >= 15 is 0 Å². The van der Waals surface area contributed by atoms with Gasteiger partial charge < -0.3 is 18.9 Å². The lowest BCUT2D eigenvalue weighted by atomic mass is 10.1. The number of allylic oxidation sites excluding steroid dienone is 1. The van der Waals surface area contributed by atoms with Crippen molar-refractivity contribution < 1.29 is 18.9 Å². The van der Waals surface area contributed by atoms with Gasteiger partial charge in [0.15, 0.2) is 13.1 Å². The van der Waals surface area contributed by atoms with Crippen molar-refractivity contribution in [3.8, 4) is 0 Å². The third-order valence-electron chi connectivity index (χ3n) is 4.86. The number of unbranched alkanes of at least 4 members (excludes halogenated alkanes) is 10. The van der Waals surface area contributed by atoms with Crippen LogP contribution in [0.1, 0.15) is 117 Å². The molecule has 0 saturated heterocycles. The van der Waals surface area contributed by atoms with Gasteiger partial charge in [-0.1, -0.05) is 72.1 Å². The quantitative estimate of drug-likeness (QED) is 0.0918. The molecule has 0 amide bonds. The maximum absolute atomic E-state index is 6.05. The van der Waals surface area contributed by atoms with E-state index in [9.17, 15) is 0 Å². The summed E-state index contributed by atoms with van der Waals surface area (Å²) >= 11 is 0. The molecule has 0 spiro atoms. The molecule has 0 rings (SSSR count). The van der Waals surface area contributed by atoms with Crippen LogP contribution in [0.3, 0.4) is 0 Å². The molecule has 0 aromatic rings. The Morgan fingerprint density at radius 3 is 1.83 bits per heavy atom. The molecule has 0 unspecified atom stereocenters. The molecule has 0 N–H and O–H groups in total. The summed E-state index contributed by atoms with van der Waals surface area (Å²) in [6, 6.07) is 0. The Balaban J connectivity index is 3.83. The highest BCUT2D eigenvalue weighted by molar-refractivity contribution is 4.72. The second kappa shape index (κ2) is 25.5. The van der Waals surface area contributed by atoms with Gasteiger partial charge >= 0.3 is 0 Å². The Morgan fingerprint density at radius 1 is 0.621 bits per heavy atom. The third kappa shape index (κ3) is 23.6. The summed E-state index contributed by atoms with van der Waals surface area (Å²) in [5, 5.41) is 0. The van der Waals surface area contributed by atoms with Crippen LogP contribution in [0, 0.1) is 0 Å². The second-order valence-electron chi connectivity index (χ2n) is 7.85. The highest BCUT2D eigenvalue weighted by Gasteiger charge is 2.09. The van der Waals surface area contributed by atoms with Crippen molar-refractivity contribution in [3.05, 3.63) is 12.3 Å². The van der Waals surface area contributed by atoms with Gasteiger partial charge in [0.1, 0.15) is 0 Å². The monoisotopic (exact) mass is 414 g/mol. The number of rotatable bonds is 24. The van der Waals surface area contributed by atoms with Crippen molar-refractivity contribution in [3.63, 3.8) is 0 Å². The summed E-state index contributed by atoms with van der Waals surface area (Å²) < 4.78 is 22.7. The second-order valence-corrected chi connectivity index (χ2v) is 7.85. The summed E-state index contributed by atoms with van der Waals surface area (Å²) in [6.07, 6.45) is 21.8. The highest BCUT2D eigenvalue weighted by Crippen LogP contribution is 2.12. The first kappa shape index (κ1) is 28.4. The van der Waals surface area contributed by atoms with Crippen molar-refractivity contribution in [2.75, 3.05) is 26.6 Å². The summed E-state index contributed by atoms with van der Waals surface area (Å²) in [6.45, 7) is 9.36. The lowest BCUT2D eigenvalue weighted by molar-refractivity contribution is -0.148. The lowest BCUT2D eigenvalue weighted by Crippen LogP contribution is -2.19. The number of hydrogen-bond acceptors (Lipinski definition) is 4. The van der Waals surface area contributed by atoms with Crippen molar-refractivity contribution in [2.45, 2.75) is 123 Å². The standard InChI is InChI=1S/C25H50O4/c1-4-7-9-12-17-22-28-25(29-23-18-13-10-8-5-2)19-15-11-14-16-21-27-24-26-20-6-3/h16,21,25H,4-15,17-20,22-24H2,1-3H3. The molecular formula is C25H50O4. The normalized spacial score (nSPS) is 11.7. The highest BCUT2D eigenvalue weighted by atomic mass is 16.7. The van der Waals surface area contributed by atoms with Gasteiger partial charge in [0, 0.05) is 13.2 Å². The molecule has 29 heavy (non-hydrogen) atoms. The first-order chi connectivity index (χ1) is 14.3. The SMILES string of the molecule is CCCCCCCOC(CCCCC=COCOCCC)OCCCCCCC. The molecular weight excluding hydrogens is 364 g/mol. The van der Waals surface area contributed by atoms with E-state index < -0.39 is 0 Å². The van der Waals surface area contributed by atoms with Gasteiger partial charge in [0.2, 0.25) is 0 Å². The molecule has 0 aromatic carbocycles. The van der Waals surface area contributed by atoms with Gasteiger partial charge in [-0.3, -0.25) is 0 Å². The van der Waals surface area contributed by atoms with Crippen molar-refractivity contribution in [2.24, 2.45) is 0 Å². The van der Waals surface area contributed by atoms with Crippen LogP contribution >= 0.6 is 0 Å². The van der Waals surface area contributed by atoms with E-state index in [4.69, 9.17) is 18.9 Å². The van der Waals surface area contributed by atoms with Crippen LogP contribution in [0.15, 0.2) is 12.3 Å². The average Bonchev–Trinajstić information content (AvgIpc) is 2.73. The summed E-state index contributed by atoms with van der Waals surface area (Å²) in [5.41, 5.74) is 0. The zero-order valence-corrected chi connectivity index (χ0v) is 19.8. The van der Waals surface area contributed by atoms with Gasteiger partial charge in [-0.15, -0.1) is 0 Å². The van der Waals surface area contributed by atoms with Gasteiger partial charge in [-0.05, 0) is 51.0 Å². The topological polar surface area (TPSA) is 36.9 Å². The zero-order valence-electron chi connectivity index (χ0n) is 19.8. The van der Waals surface area contributed by atoms with Crippen molar-refractivity contribution in [1.29, 1.82) is 0 Å². The third-order valence-corrected chi connectivity index (χ3v) is 4.86. The first-order valence-corrected chi connectivity index (χ1v) is 12.4. The Morgan fingerprint density at radius 2 is 1.24 bits per heavy atom. The largest absolute Gasteiger partial charge is 0.475 e. The van der Waals surface area contributed by atoms with Crippen molar-refractivity contribution in [1.82, 2.24) is 0 Å². The van der Waals surface area contributed by atoms with Crippen LogP contribution in [0.2, 0.25) is 0 Å². The molecule has 4 heteroatoms. The van der Waals surface area contributed by atoms with E-state index in [-0.39, 0.29) is 6.29 Å². The lowest BCUT2D eigenvalue weighted by Gasteiger charge is -2.19. The molecule has 0 saturated carbocycles. The van der Waals surface area contributed by atoms with Crippen LogP contribution < -0.4 is 0 Å². The zero-order chi connectivity index (χ0) is 21.3. The van der Waals surface area contributed by atoms with Crippen LogP contribution in [-0.4, -0.2) is 32.9 Å². The fourth-order valence-electron chi connectivity index (χ4n) is 3.06. The minimum Gasteiger partial charge on any atom is -0.475 e. The van der Waals surface area contributed by atoms with E-state index in [2.05, 4.69) is 26.8 Å². The maximum atomic E-state index is 6.05. The Kier molecular flexibility index (Phi) is 24.9. The smallest absolute Gasteiger partial charge is 0.188 e. The Bertz CT molecular complexity index is 304. The predicted octanol–water partition coefficient (Wildman–Crippen LogP) is 7.76. The molecule has 0 aliphatic heterocycles. The Labute approximate surface area is 181 Å². The van der Waals surface area contributed by atoms with Crippen LogP contribution in [0.25, 0.3) is 0 Å². The maximum Gasteiger partial charge on any atom is 0.188 e. The molecule has 0 fully saturated rings. The van der Waals surface area contributed by atoms with E-state index in [1.807, 2.05) is 0 Å². The molecule has 0 aliphatic rings. The molecule has 0 atom stereocenters. The van der Waals surface area contributed by atoms with E-state index in [0.29, 0.717) is 6.79 Å². The summed E-state index contributed by atoms with van der Waals surface area (Å²) in [5.74, 6) is 0. The molecule has 174 valence electrons. The van der Waals surface area contributed by atoms with Crippen LogP contribution in [0.5, 0.6) is 0 Å². The fourth-order valence-corrected chi connectivity index (χ4v) is 3.06. The minimum absolute atomic E-state index is 0.0324. The molecule has 0 heterocycles. The van der Waals surface area contributed by atoms with Crippen LogP contribution in [-0.2, 0) is 18.9 Å². The average molecular weight is 415 g/mol. The van der Waals surface area contributed by atoms with Gasteiger partial charge in [0.25, 0.3) is 0 Å². The number of ether oxygens (including phenoxy) is 4. The first-order valence-electron chi connectivity index (χ1n) is 12.4. The molecule has 0 aliphatic carbocycles. The van der Waals surface area contributed by atoms with E-state index in [1.165, 1.54) is 51.4 Å². The van der Waals surface area contributed by atoms with Crippen LogP contribution in [0.4, 0.5) is 0 Å². The molecule has 0 bridgehead atoms. The molecule has 0 radical (unpaired) electrons. The summed E-state index contributed by atoms with van der Waals surface area (Å²) in [7, 11) is 0. The molecule has 4 nitrogen and oxygen atoms in total.